The summed E-state index contributed by atoms with van der Waals surface area (Å²) in [5, 5.41) is 8.39. The van der Waals surface area contributed by atoms with Gasteiger partial charge in [-0.25, -0.2) is 0 Å². The van der Waals surface area contributed by atoms with E-state index in [0.29, 0.717) is 24.1 Å². The van der Waals surface area contributed by atoms with E-state index < -0.39 is 0 Å². The largest absolute Gasteiger partial charge is 0.493 e. The number of benzene rings is 2. The van der Waals surface area contributed by atoms with Gasteiger partial charge < -0.3 is 14.1 Å². The molecule has 6 heteroatoms. The molecular formula is C27H33N3O2S. The van der Waals surface area contributed by atoms with E-state index in [9.17, 15) is 0 Å². The van der Waals surface area contributed by atoms with E-state index in [4.69, 9.17) is 9.15 Å². The van der Waals surface area contributed by atoms with Crippen LogP contribution in [-0.2, 0) is 5.75 Å². The number of thioether (sulfide) groups is 1. The Kier molecular flexibility index (Phi) is 9.44. The minimum Gasteiger partial charge on any atom is -0.493 e. The molecular weight excluding hydrogens is 430 g/mol. The molecule has 0 N–H and O–H groups in total. The average Bonchev–Trinajstić information content (AvgIpc) is 3.34. The predicted molar refractivity (Wildman–Crippen MR) is 136 cm³/mol. The molecule has 0 amide bonds. The molecule has 1 saturated heterocycles. The molecule has 174 valence electrons. The first kappa shape index (κ1) is 23.6. The molecule has 0 spiro atoms. The number of ether oxygens (including phenoxy) is 1. The van der Waals surface area contributed by atoms with E-state index in [1.54, 1.807) is 11.8 Å². The molecule has 2 aromatic carbocycles. The van der Waals surface area contributed by atoms with Crippen molar-refractivity contribution in [3.05, 3.63) is 72.1 Å². The van der Waals surface area contributed by atoms with Crippen LogP contribution in [0.4, 0.5) is 0 Å². The summed E-state index contributed by atoms with van der Waals surface area (Å²) in [6.07, 6.45) is 11.0. The first-order chi connectivity index (χ1) is 16.4. The Bertz CT molecular complexity index is 967. The maximum Gasteiger partial charge on any atom is 0.247 e. The Hall–Kier alpha value is -2.57. The van der Waals surface area contributed by atoms with Crippen LogP contribution >= 0.6 is 11.8 Å². The molecule has 1 aromatic heterocycles. The van der Waals surface area contributed by atoms with Crippen molar-refractivity contribution in [3.63, 3.8) is 0 Å². The van der Waals surface area contributed by atoms with Crippen LogP contribution in [0.1, 0.15) is 43.6 Å². The van der Waals surface area contributed by atoms with E-state index >= 15 is 0 Å². The molecule has 2 heterocycles. The molecule has 33 heavy (non-hydrogen) atoms. The first-order valence-corrected chi connectivity index (χ1v) is 13.1. The highest BCUT2D eigenvalue weighted by molar-refractivity contribution is 7.98. The number of piperidine rings is 1. The third kappa shape index (κ3) is 8.06. The Morgan fingerprint density at radius 3 is 2.61 bits per heavy atom. The van der Waals surface area contributed by atoms with E-state index in [0.717, 1.165) is 23.5 Å². The smallest absolute Gasteiger partial charge is 0.247 e. The number of nitrogens with zero attached hydrogens (tertiary/aromatic N) is 3. The van der Waals surface area contributed by atoms with Crippen molar-refractivity contribution in [3.8, 4) is 17.2 Å². The Labute approximate surface area is 201 Å². The highest BCUT2D eigenvalue weighted by Gasteiger charge is 2.09. The van der Waals surface area contributed by atoms with E-state index in [-0.39, 0.29) is 0 Å². The molecule has 0 radical (unpaired) electrons. The zero-order chi connectivity index (χ0) is 22.6. The third-order valence-corrected chi connectivity index (χ3v) is 6.60. The van der Waals surface area contributed by atoms with Crippen molar-refractivity contribution >= 4 is 17.8 Å². The summed E-state index contributed by atoms with van der Waals surface area (Å²) in [6, 6.07) is 18.2. The molecule has 3 aromatic rings. The van der Waals surface area contributed by atoms with Gasteiger partial charge in [0, 0.05) is 11.3 Å². The van der Waals surface area contributed by atoms with Gasteiger partial charge in [0.2, 0.25) is 11.8 Å². The second kappa shape index (κ2) is 13.2. The molecule has 4 rings (SSSR count). The number of hydrogen-bond acceptors (Lipinski definition) is 6. The van der Waals surface area contributed by atoms with E-state index in [2.05, 4.69) is 39.4 Å². The van der Waals surface area contributed by atoms with Crippen LogP contribution in [0.15, 0.2) is 65.1 Å². The van der Waals surface area contributed by atoms with Crippen molar-refractivity contribution in [2.75, 3.05) is 32.0 Å². The lowest BCUT2D eigenvalue weighted by Gasteiger charge is -2.25. The van der Waals surface area contributed by atoms with Crippen LogP contribution in [0.3, 0.4) is 0 Å². The average molecular weight is 464 g/mol. The highest BCUT2D eigenvalue weighted by Crippen LogP contribution is 2.21. The predicted octanol–water partition coefficient (Wildman–Crippen LogP) is 6.33. The van der Waals surface area contributed by atoms with Crippen LogP contribution in [0.25, 0.3) is 17.5 Å². The SMILES string of the molecule is C(=C\c1ccc(-c2nnc(CSCCOc3ccccc3)o2)cc1)/CCCN1CCCCC1. The van der Waals surface area contributed by atoms with Crippen LogP contribution in [0.5, 0.6) is 5.75 Å². The number of aromatic nitrogens is 2. The lowest BCUT2D eigenvalue weighted by Crippen LogP contribution is -2.30. The second-order valence-electron chi connectivity index (χ2n) is 8.28. The first-order valence-electron chi connectivity index (χ1n) is 11.9. The number of rotatable bonds is 12. The number of hydrogen-bond donors (Lipinski definition) is 0. The van der Waals surface area contributed by atoms with Gasteiger partial charge in [-0.3, -0.25) is 0 Å². The van der Waals surface area contributed by atoms with Crippen LogP contribution in [0, 0.1) is 0 Å². The molecule has 0 aliphatic carbocycles. The van der Waals surface area contributed by atoms with Gasteiger partial charge in [0.15, 0.2) is 0 Å². The fourth-order valence-electron chi connectivity index (χ4n) is 3.90. The maximum atomic E-state index is 5.84. The van der Waals surface area contributed by atoms with Gasteiger partial charge in [0.25, 0.3) is 0 Å². The number of para-hydroxylation sites is 1. The van der Waals surface area contributed by atoms with Crippen molar-refractivity contribution < 1.29 is 9.15 Å². The van der Waals surface area contributed by atoms with Crippen molar-refractivity contribution in [1.82, 2.24) is 15.1 Å². The van der Waals surface area contributed by atoms with Crippen molar-refractivity contribution in [1.29, 1.82) is 0 Å². The maximum absolute atomic E-state index is 5.84. The minimum atomic E-state index is 0.572. The third-order valence-electron chi connectivity index (χ3n) is 5.69. The quantitative estimate of drug-likeness (QED) is 0.293. The fraction of sp³-hybridized carbons (Fsp3) is 0.407. The van der Waals surface area contributed by atoms with E-state index in [1.807, 2.05) is 42.5 Å². The van der Waals surface area contributed by atoms with Gasteiger partial charge in [-0.05, 0) is 75.1 Å². The highest BCUT2D eigenvalue weighted by atomic mass is 32.2. The summed E-state index contributed by atoms with van der Waals surface area (Å²) in [5.41, 5.74) is 2.15. The summed E-state index contributed by atoms with van der Waals surface area (Å²) in [4.78, 5) is 2.60. The summed E-state index contributed by atoms with van der Waals surface area (Å²) < 4.78 is 11.5. The van der Waals surface area contributed by atoms with Gasteiger partial charge in [0.1, 0.15) is 5.75 Å². The Balaban J connectivity index is 1.15. The Morgan fingerprint density at radius 2 is 1.79 bits per heavy atom. The number of unbranched alkanes of at least 4 members (excludes halogenated alkanes) is 1. The van der Waals surface area contributed by atoms with Gasteiger partial charge in [-0.1, -0.05) is 48.9 Å². The zero-order valence-electron chi connectivity index (χ0n) is 19.2. The normalized spacial score (nSPS) is 14.7. The molecule has 5 nitrogen and oxygen atoms in total. The fourth-order valence-corrected chi connectivity index (χ4v) is 4.53. The summed E-state index contributed by atoms with van der Waals surface area (Å²) in [5.74, 6) is 3.67. The van der Waals surface area contributed by atoms with Crippen LogP contribution < -0.4 is 4.74 Å². The molecule has 1 aliphatic heterocycles. The second-order valence-corrected chi connectivity index (χ2v) is 9.39. The lowest BCUT2D eigenvalue weighted by molar-refractivity contribution is 0.227. The molecule has 0 atom stereocenters. The van der Waals surface area contributed by atoms with Crippen molar-refractivity contribution in [2.24, 2.45) is 0 Å². The minimum absolute atomic E-state index is 0.572. The van der Waals surface area contributed by atoms with Gasteiger partial charge in [-0.2, -0.15) is 0 Å². The summed E-state index contributed by atoms with van der Waals surface area (Å²) >= 11 is 1.73. The topological polar surface area (TPSA) is 51.4 Å². The number of likely N-dealkylation sites (tertiary alicyclic amines) is 1. The van der Waals surface area contributed by atoms with Gasteiger partial charge in [0.05, 0.1) is 12.4 Å². The molecule has 0 saturated carbocycles. The molecule has 1 aliphatic rings. The monoisotopic (exact) mass is 463 g/mol. The van der Waals surface area contributed by atoms with Crippen LogP contribution in [0.2, 0.25) is 0 Å². The van der Waals surface area contributed by atoms with E-state index in [1.165, 1.54) is 50.9 Å². The number of allylic oxidation sites excluding steroid dienone is 1. The van der Waals surface area contributed by atoms with Gasteiger partial charge in [-0.15, -0.1) is 22.0 Å². The lowest BCUT2D eigenvalue weighted by atomic mass is 10.1. The van der Waals surface area contributed by atoms with Crippen LogP contribution in [-0.4, -0.2) is 47.1 Å². The Morgan fingerprint density at radius 1 is 0.970 bits per heavy atom. The summed E-state index contributed by atoms with van der Waals surface area (Å²) in [6.45, 7) is 4.44. The van der Waals surface area contributed by atoms with Gasteiger partial charge >= 0.3 is 0 Å². The summed E-state index contributed by atoms with van der Waals surface area (Å²) in [7, 11) is 0. The molecule has 0 unspecified atom stereocenters. The molecule has 0 bridgehead atoms. The standard InChI is InChI=1S/C27H33N3O2S/c1-5-11-25(12-6-1)31-20-21-33-22-26-28-29-27(32-26)24-15-13-23(14-16-24)10-4-2-7-17-30-18-8-3-9-19-30/h1,4-6,10-16H,2-3,7-9,17-22H2/b10-4+. The molecule has 1 fully saturated rings. The van der Waals surface area contributed by atoms with Crippen molar-refractivity contribution in [2.45, 2.75) is 37.9 Å². The zero-order valence-corrected chi connectivity index (χ0v) is 20.0.